The predicted octanol–water partition coefficient (Wildman–Crippen LogP) is 1.39. The van der Waals surface area contributed by atoms with Gasteiger partial charge >= 0.3 is 0 Å². The summed E-state index contributed by atoms with van der Waals surface area (Å²) < 4.78 is 34.8. The maximum absolute atomic E-state index is 12.1. The minimum atomic E-state index is -3.31. The summed E-state index contributed by atoms with van der Waals surface area (Å²) in [6, 6.07) is 6.58. The number of hydrogen-bond acceptors (Lipinski definition) is 5. The van der Waals surface area contributed by atoms with Gasteiger partial charge in [0.25, 0.3) is 5.91 Å². The van der Waals surface area contributed by atoms with Crippen molar-refractivity contribution in [1.29, 1.82) is 0 Å². The molecule has 1 N–H and O–H groups in total. The molecule has 0 heterocycles. The van der Waals surface area contributed by atoms with Gasteiger partial charge in [0.05, 0.1) is 11.9 Å². The first kappa shape index (κ1) is 20.2. The summed E-state index contributed by atoms with van der Waals surface area (Å²) >= 11 is 0. The summed E-state index contributed by atoms with van der Waals surface area (Å²) in [5.41, 5.74) is 0.530. The molecule has 1 atom stereocenters. The normalized spacial score (nSPS) is 12.5. The van der Waals surface area contributed by atoms with Crippen molar-refractivity contribution in [2.24, 2.45) is 0 Å². The highest BCUT2D eigenvalue weighted by Gasteiger charge is 2.18. The van der Waals surface area contributed by atoms with Crippen LogP contribution in [-0.4, -0.2) is 54.0 Å². The molecule has 7 nitrogen and oxygen atoms in total. The zero-order valence-electron chi connectivity index (χ0n) is 14.6. The maximum atomic E-state index is 12.1. The van der Waals surface area contributed by atoms with Crippen LogP contribution in [0.1, 0.15) is 19.8 Å². The fourth-order valence-corrected chi connectivity index (χ4v) is 2.46. The molecule has 0 saturated heterocycles. The van der Waals surface area contributed by atoms with Crippen LogP contribution in [0, 0.1) is 0 Å². The molecule has 0 aromatic heterocycles. The van der Waals surface area contributed by atoms with Crippen molar-refractivity contribution in [1.82, 2.24) is 5.32 Å². The zero-order valence-corrected chi connectivity index (χ0v) is 15.4. The van der Waals surface area contributed by atoms with E-state index in [0.29, 0.717) is 31.0 Å². The second-order valence-corrected chi connectivity index (χ2v) is 7.39. The number of hydrogen-bond donors (Lipinski definition) is 1. The highest BCUT2D eigenvalue weighted by atomic mass is 32.2. The Morgan fingerprint density at radius 3 is 2.42 bits per heavy atom. The highest BCUT2D eigenvalue weighted by molar-refractivity contribution is 7.92. The van der Waals surface area contributed by atoms with E-state index in [1.807, 2.05) is 6.92 Å². The summed E-state index contributed by atoms with van der Waals surface area (Å²) in [4.78, 5) is 12.1. The van der Waals surface area contributed by atoms with Crippen molar-refractivity contribution < 1.29 is 22.7 Å². The fraction of sp³-hybridized carbons (Fsp3) is 0.562. The average Bonchev–Trinajstić information content (AvgIpc) is 2.55. The van der Waals surface area contributed by atoms with Gasteiger partial charge in [0.15, 0.2) is 6.10 Å². The number of anilines is 1. The summed E-state index contributed by atoms with van der Waals surface area (Å²) in [6.45, 7) is 2.99. The zero-order chi connectivity index (χ0) is 18.2. The number of carbonyl (C=O) groups is 1. The number of carbonyl (C=O) groups excluding carboxylic acids is 1. The molecule has 1 aromatic rings. The lowest BCUT2D eigenvalue weighted by Crippen LogP contribution is -2.38. The largest absolute Gasteiger partial charge is 0.481 e. The Bertz CT molecular complexity index is 616. The van der Waals surface area contributed by atoms with Gasteiger partial charge in [-0.1, -0.05) is 6.92 Å². The lowest BCUT2D eigenvalue weighted by atomic mass is 10.2. The van der Waals surface area contributed by atoms with Crippen LogP contribution in [0.3, 0.4) is 0 Å². The first-order valence-corrected chi connectivity index (χ1v) is 9.61. The molecule has 1 amide bonds. The van der Waals surface area contributed by atoms with Crippen molar-refractivity contribution >= 4 is 21.6 Å². The molecule has 0 aliphatic rings. The highest BCUT2D eigenvalue weighted by Crippen LogP contribution is 2.21. The summed E-state index contributed by atoms with van der Waals surface area (Å²) in [6.07, 6.45) is 1.82. The first-order chi connectivity index (χ1) is 11.3. The van der Waals surface area contributed by atoms with Crippen molar-refractivity contribution in [3.8, 4) is 5.75 Å². The van der Waals surface area contributed by atoms with Crippen LogP contribution in [0.25, 0.3) is 0 Å². The Morgan fingerprint density at radius 2 is 1.92 bits per heavy atom. The quantitative estimate of drug-likeness (QED) is 0.639. The van der Waals surface area contributed by atoms with Gasteiger partial charge in [-0.3, -0.25) is 9.10 Å². The molecule has 1 unspecified atom stereocenters. The summed E-state index contributed by atoms with van der Waals surface area (Å²) in [7, 11) is -0.211. The molecule has 0 aliphatic carbocycles. The predicted molar refractivity (Wildman–Crippen MR) is 93.9 cm³/mol. The topological polar surface area (TPSA) is 84.9 Å². The Kier molecular flexibility index (Phi) is 8.00. The third kappa shape index (κ3) is 6.37. The fourth-order valence-electron chi connectivity index (χ4n) is 1.95. The Hall–Kier alpha value is -1.80. The van der Waals surface area contributed by atoms with E-state index < -0.39 is 16.1 Å². The molecular formula is C16H26N2O5S. The summed E-state index contributed by atoms with van der Waals surface area (Å²) in [5, 5.41) is 2.81. The number of rotatable bonds is 10. The third-order valence-corrected chi connectivity index (χ3v) is 4.67. The van der Waals surface area contributed by atoms with Crippen LogP contribution < -0.4 is 14.4 Å². The van der Waals surface area contributed by atoms with E-state index in [1.54, 1.807) is 31.4 Å². The smallest absolute Gasteiger partial charge is 0.261 e. The van der Waals surface area contributed by atoms with Gasteiger partial charge in [0.1, 0.15) is 5.75 Å². The van der Waals surface area contributed by atoms with E-state index in [4.69, 9.17) is 9.47 Å². The molecule has 0 bridgehead atoms. The lowest BCUT2D eigenvalue weighted by molar-refractivity contribution is -0.128. The number of nitrogens with zero attached hydrogens (tertiary/aromatic N) is 1. The Morgan fingerprint density at radius 1 is 1.29 bits per heavy atom. The molecule has 1 rings (SSSR count). The van der Waals surface area contributed by atoms with E-state index in [-0.39, 0.29) is 5.91 Å². The second-order valence-electron chi connectivity index (χ2n) is 5.38. The van der Waals surface area contributed by atoms with Gasteiger partial charge in [-0.2, -0.15) is 0 Å². The van der Waals surface area contributed by atoms with Crippen molar-refractivity contribution in [2.75, 3.05) is 37.9 Å². The van der Waals surface area contributed by atoms with Crippen LogP contribution in [-0.2, 0) is 19.6 Å². The number of ether oxygens (including phenoxy) is 2. The van der Waals surface area contributed by atoms with Crippen LogP contribution in [0.15, 0.2) is 24.3 Å². The molecule has 0 aliphatic heterocycles. The van der Waals surface area contributed by atoms with E-state index in [9.17, 15) is 13.2 Å². The second kappa shape index (κ2) is 9.48. The van der Waals surface area contributed by atoms with Gasteiger partial charge in [0.2, 0.25) is 10.0 Å². The number of benzene rings is 1. The van der Waals surface area contributed by atoms with Gasteiger partial charge in [-0.25, -0.2) is 8.42 Å². The van der Waals surface area contributed by atoms with E-state index in [1.165, 1.54) is 11.4 Å². The minimum Gasteiger partial charge on any atom is -0.481 e. The summed E-state index contributed by atoms with van der Waals surface area (Å²) in [5.74, 6) is 0.338. The van der Waals surface area contributed by atoms with Crippen LogP contribution in [0.4, 0.5) is 5.69 Å². The first-order valence-electron chi connectivity index (χ1n) is 7.76. The van der Waals surface area contributed by atoms with E-state index in [0.717, 1.165) is 12.7 Å². The van der Waals surface area contributed by atoms with Crippen molar-refractivity contribution in [3.63, 3.8) is 0 Å². The van der Waals surface area contributed by atoms with Gasteiger partial charge in [0, 0.05) is 27.3 Å². The van der Waals surface area contributed by atoms with Crippen LogP contribution in [0.5, 0.6) is 5.75 Å². The van der Waals surface area contributed by atoms with E-state index >= 15 is 0 Å². The molecule has 0 saturated carbocycles. The maximum Gasteiger partial charge on any atom is 0.261 e. The van der Waals surface area contributed by atoms with Gasteiger partial charge in [-0.05, 0) is 37.1 Å². The van der Waals surface area contributed by atoms with Crippen LogP contribution >= 0.6 is 0 Å². The molecule has 8 heteroatoms. The van der Waals surface area contributed by atoms with Gasteiger partial charge < -0.3 is 14.8 Å². The average molecular weight is 358 g/mol. The molecule has 24 heavy (non-hydrogen) atoms. The molecular weight excluding hydrogens is 332 g/mol. The monoisotopic (exact) mass is 358 g/mol. The minimum absolute atomic E-state index is 0.175. The lowest BCUT2D eigenvalue weighted by Gasteiger charge is -2.19. The van der Waals surface area contributed by atoms with Crippen molar-refractivity contribution in [2.45, 2.75) is 25.9 Å². The number of amides is 1. The Labute approximate surface area is 144 Å². The van der Waals surface area contributed by atoms with E-state index in [2.05, 4.69) is 5.32 Å². The Balaban J connectivity index is 2.64. The molecule has 1 aromatic carbocycles. The molecule has 136 valence electrons. The number of methoxy groups -OCH3 is 1. The SMILES string of the molecule is CCC(Oc1ccc(N(C)S(C)(=O)=O)cc1)C(=O)NCCCOC. The number of nitrogens with one attached hydrogen (secondary N) is 1. The number of sulfonamides is 1. The van der Waals surface area contributed by atoms with Crippen LogP contribution in [0.2, 0.25) is 0 Å². The molecule has 0 spiro atoms. The van der Waals surface area contributed by atoms with Gasteiger partial charge in [-0.15, -0.1) is 0 Å². The van der Waals surface area contributed by atoms with Crippen molar-refractivity contribution in [3.05, 3.63) is 24.3 Å². The molecule has 0 radical (unpaired) electrons. The standard InChI is InChI=1S/C16H26N2O5S/c1-5-15(16(19)17-11-6-12-22-3)23-14-9-7-13(8-10-14)18(2)24(4,20)21/h7-10,15H,5-6,11-12H2,1-4H3,(H,17,19). The third-order valence-electron chi connectivity index (χ3n) is 3.46. The molecule has 0 fully saturated rings.